The van der Waals surface area contributed by atoms with Crippen molar-refractivity contribution in [3.8, 4) is 17.2 Å². The number of ketones is 1. The molecule has 1 amide bonds. The maximum atomic E-state index is 13.4. The highest BCUT2D eigenvalue weighted by Gasteiger charge is 2.47. The first-order chi connectivity index (χ1) is 19.0. The van der Waals surface area contributed by atoms with Crippen molar-refractivity contribution in [2.75, 3.05) is 19.1 Å². The molecule has 1 N–H and O–H groups in total. The summed E-state index contributed by atoms with van der Waals surface area (Å²) in [5.41, 5.74) is 2.15. The Morgan fingerprint density at radius 1 is 0.872 bits per heavy atom. The van der Waals surface area contributed by atoms with Crippen LogP contribution in [0.3, 0.4) is 0 Å². The van der Waals surface area contributed by atoms with Gasteiger partial charge in [0.05, 0.1) is 25.5 Å². The number of anilines is 1. The van der Waals surface area contributed by atoms with Gasteiger partial charge < -0.3 is 19.3 Å². The van der Waals surface area contributed by atoms with Gasteiger partial charge in [0, 0.05) is 17.4 Å². The fourth-order valence-electron chi connectivity index (χ4n) is 4.50. The van der Waals surface area contributed by atoms with Gasteiger partial charge in [0.1, 0.15) is 24.2 Å². The standard InChI is InChI=1S/C31H26N2O6/c1-37-25-16-11-21(18-26(25)38-2)29(34)27-28(24-10-6-7-17-32-24)33(31(36)30(27)35)22-12-14-23(15-13-22)39-19-20-8-4-3-5-9-20/h3-18,28,34H,19H2,1-2H3/b29-27-. The quantitative estimate of drug-likeness (QED) is 0.190. The van der Waals surface area contributed by atoms with Crippen molar-refractivity contribution in [2.45, 2.75) is 12.6 Å². The molecular formula is C31H26N2O6. The molecule has 5 rings (SSSR count). The molecule has 1 aliphatic heterocycles. The zero-order valence-electron chi connectivity index (χ0n) is 21.4. The van der Waals surface area contributed by atoms with Crippen molar-refractivity contribution in [3.05, 3.63) is 120 Å². The van der Waals surface area contributed by atoms with Crippen LogP contribution in [-0.4, -0.2) is 36.0 Å². The van der Waals surface area contributed by atoms with E-state index < -0.39 is 17.7 Å². The van der Waals surface area contributed by atoms with E-state index >= 15 is 0 Å². The summed E-state index contributed by atoms with van der Waals surface area (Å²) in [6, 6.07) is 25.7. The number of aliphatic hydroxyl groups excluding tert-OH is 1. The molecule has 2 heterocycles. The van der Waals surface area contributed by atoms with Crippen molar-refractivity contribution < 1.29 is 28.9 Å². The monoisotopic (exact) mass is 522 g/mol. The van der Waals surface area contributed by atoms with Crippen LogP contribution < -0.4 is 19.1 Å². The SMILES string of the molecule is COc1ccc(/C(O)=C2/C(=O)C(=O)N(c3ccc(OCc4ccccc4)cc3)C2c2ccccn2)cc1OC. The van der Waals surface area contributed by atoms with Crippen LogP contribution in [0.5, 0.6) is 17.2 Å². The Morgan fingerprint density at radius 3 is 2.26 bits per heavy atom. The topological polar surface area (TPSA) is 98.2 Å². The van der Waals surface area contributed by atoms with Gasteiger partial charge in [0.15, 0.2) is 11.5 Å². The van der Waals surface area contributed by atoms with E-state index in [0.29, 0.717) is 40.8 Å². The molecule has 1 saturated heterocycles. The van der Waals surface area contributed by atoms with Crippen LogP contribution in [0.15, 0.2) is 103 Å². The average molecular weight is 523 g/mol. The number of pyridine rings is 1. The lowest BCUT2D eigenvalue weighted by molar-refractivity contribution is -0.132. The van der Waals surface area contributed by atoms with E-state index in [4.69, 9.17) is 14.2 Å². The van der Waals surface area contributed by atoms with Crippen LogP contribution in [0, 0.1) is 0 Å². The van der Waals surface area contributed by atoms with Gasteiger partial charge in [-0.05, 0) is 60.2 Å². The number of carbonyl (C=O) groups is 2. The van der Waals surface area contributed by atoms with Crippen molar-refractivity contribution in [2.24, 2.45) is 0 Å². The molecule has 0 aliphatic carbocycles. The van der Waals surface area contributed by atoms with Crippen molar-refractivity contribution in [1.82, 2.24) is 4.98 Å². The molecule has 1 fully saturated rings. The summed E-state index contributed by atoms with van der Waals surface area (Å²) in [4.78, 5) is 32.5. The first kappa shape index (κ1) is 25.5. The van der Waals surface area contributed by atoms with E-state index in [2.05, 4.69) is 4.98 Å². The van der Waals surface area contributed by atoms with Crippen LogP contribution >= 0.6 is 0 Å². The molecular weight excluding hydrogens is 496 g/mol. The number of aliphatic hydroxyl groups is 1. The summed E-state index contributed by atoms with van der Waals surface area (Å²) in [5.74, 6) is -0.483. The largest absolute Gasteiger partial charge is 0.507 e. The average Bonchev–Trinajstić information content (AvgIpc) is 3.26. The van der Waals surface area contributed by atoms with Gasteiger partial charge in [-0.3, -0.25) is 19.5 Å². The highest BCUT2D eigenvalue weighted by atomic mass is 16.5. The molecule has 3 aromatic carbocycles. The van der Waals surface area contributed by atoms with E-state index in [1.165, 1.54) is 19.1 Å². The van der Waals surface area contributed by atoms with Gasteiger partial charge >= 0.3 is 0 Å². The number of nitrogens with zero attached hydrogens (tertiary/aromatic N) is 2. The molecule has 0 saturated carbocycles. The molecule has 8 heteroatoms. The molecule has 4 aromatic rings. The number of amides is 1. The van der Waals surface area contributed by atoms with Crippen LogP contribution in [0.2, 0.25) is 0 Å². The third kappa shape index (κ3) is 5.04. The van der Waals surface area contributed by atoms with Gasteiger partial charge in [-0.1, -0.05) is 36.4 Å². The maximum absolute atomic E-state index is 13.4. The van der Waals surface area contributed by atoms with Crippen LogP contribution in [0.1, 0.15) is 22.9 Å². The van der Waals surface area contributed by atoms with Crippen LogP contribution in [0.25, 0.3) is 5.76 Å². The minimum Gasteiger partial charge on any atom is -0.507 e. The molecule has 0 radical (unpaired) electrons. The Labute approximate surface area is 225 Å². The molecule has 1 aromatic heterocycles. The molecule has 0 spiro atoms. The van der Waals surface area contributed by atoms with Gasteiger partial charge in [-0.25, -0.2) is 0 Å². The first-order valence-corrected chi connectivity index (χ1v) is 12.2. The van der Waals surface area contributed by atoms with E-state index in [0.717, 1.165) is 5.56 Å². The smallest absolute Gasteiger partial charge is 0.300 e. The lowest BCUT2D eigenvalue weighted by Crippen LogP contribution is -2.29. The number of aromatic nitrogens is 1. The minimum atomic E-state index is -0.949. The third-order valence-corrected chi connectivity index (χ3v) is 6.43. The summed E-state index contributed by atoms with van der Waals surface area (Å²) >= 11 is 0. The third-order valence-electron chi connectivity index (χ3n) is 6.43. The molecule has 39 heavy (non-hydrogen) atoms. The first-order valence-electron chi connectivity index (χ1n) is 12.2. The second kappa shape index (κ2) is 11.1. The van der Waals surface area contributed by atoms with Crippen molar-refractivity contribution in [3.63, 3.8) is 0 Å². The Morgan fingerprint density at radius 2 is 1.59 bits per heavy atom. The fraction of sp³-hybridized carbons (Fsp3) is 0.129. The second-order valence-corrected chi connectivity index (χ2v) is 8.76. The van der Waals surface area contributed by atoms with E-state index in [9.17, 15) is 14.7 Å². The van der Waals surface area contributed by atoms with Crippen LogP contribution in [-0.2, 0) is 16.2 Å². The summed E-state index contributed by atoms with van der Waals surface area (Å²) in [6.07, 6.45) is 1.58. The number of hydrogen-bond acceptors (Lipinski definition) is 7. The predicted molar refractivity (Wildman–Crippen MR) is 146 cm³/mol. The summed E-state index contributed by atoms with van der Waals surface area (Å²) in [7, 11) is 2.98. The molecule has 1 aliphatic rings. The molecule has 1 unspecified atom stereocenters. The normalized spacial score (nSPS) is 16.3. The number of benzene rings is 3. The number of rotatable bonds is 8. The minimum absolute atomic E-state index is 0.0738. The van der Waals surface area contributed by atoms with Gasteiger partial charge in [0.25, 0.3) is 11.7 Å². The number of ether oxygens (including phenoxy) is 3. The Kier molecular flexibility index (Phi) is 7.27. The Balaban J connectivity index is 1.53. The molecule has 1 atom stereocenters. The molecule has 196 valence electrons. The van der Waals surface area contributed by atoms with E-state index in [1.807, 2.05) is 30.3 Å². The van der Waals surface area contributed by atoms with Crippen molar-refractivity contribution in [1.29, 1.82) is 0 Å². The van der Waals surface area contributed by atoms with Gasteiger partial charge in [-0.2, -0.15) is 0 Å². The lowest BCUT2D eigenvalue weighted by Gasteiger charge is -2.24. The fourth-order valence-corrected chi connectivity index (χ4v) is 4.50. The highest BCUT2D eigenvalue weighted by Crippen LogP contribution is 2.42. The maximum Gasteiger partial charge on any atom is 0.300 e. The summed E-state index contributed by atoms with van der Waals surface area (Å²) in [6.45, 7) is 0.393. The summed E-state index contributed by atoms with van der Waals surface area (Å²) in [5, 5.41) is 11.3. The highest BCUT2D eigenvalue weighted by molar-refractivity contribution is 6.51. The van der Waals surface area contributed by atoms with Crippen LogP contribution in [0.4, 0.5) is 5.69 Å². The zero-order chi connectivity index (χ0) is 27.4. The Hall–Kier alpha value is -5.11. The number of methoxy groups -OCH3 is 2. The second-order valence-electron chi connectivity index (χ2n) is 8.76. The van der Waals surface area contributed by atoms with Gasteiger partial charge in [0.2, 0.25) is 0 Å². The lowest BCUT2D eigenvalue weighted by atomic mass is 9.98. The van der Waals surface area contributed by atoms with E-state index in [-0.39, 0.29) is 11.3 Å². The number of hydrogen-bond donors (Lipinski definition) is 1. The van der Waals surface area contributed by atoms with E-state index in [1.54, 1.807) is 66.9 Å². The molecule has 0 bridgehead atoms. The zero-order valence-corrected chi connectivity index (χ0v) is 21.4. The summed E-state index contributed by atoms with van der Waals surface area (Å²) < 4.78 is 16.5. The Bertz CT molecular complexity index is 1520. The molecule has 8 nitrogen and oxygen atoms in total. The predicted octanol–water partition coefficient (Wildman–Crippen LogP) is 5.30. The number of carbonyl (C=O) groups excluding carboxylic acids is 2. The van der Waals surface area contributed by atoms with Crippen molar-refractivity contribution >= 4 is 23.1 Å². The number of Topliss-reactive ketones (excluding diaryl/α,β-unsaturated/α-hetero) is 1. The van der Waals surface area contributed by atoms with Gasteiger partial charge in [-0.15, -0.1) is 0 Å².